The Morgan fingerprint density at radius 2 is 0.843 bits per heavy atom. The Hall–Kier alpha value is -3.09. The fourth-order valence-electron chi connectivity index (χ4n) is 10.3. The Morgan fingerprint density at radius 1 is 0.446 bits per heavy atom. The molecule has 0 aromatic carbocycles. The molecule has 2 aliphatic heterocycles. The number of ether oxygens (including phenoxy) is 4. The topological polar surface area (TPSA) is 228 Å². The van der Waals surface area contributed by atoms with Gasteiger partial charge in [0.2, 0.25) is 5.91 Å². The Morgan fingerprint density at radius 3 is 1.33 bits per heavy atom. The van der Waals surface area contributed by atoms with Crippen molar-refractivity contribution in [1.82, 2.24) is 5.32 Å². The number of amides is 1. The summed E-state index contributed by atoms with van der Waals surface area (Å²) in [6.45, 7) is 2.64. The fraction of sp³-hybridized carbons (Fsp3) is 0.754. The standard InChI is InChI=1S/C69H119NO13/c1-3-5-7-9-11-13-15-17-18-19-20-21-22-23-24-25-26-27-28-29-30-31-32-33-34-35-36-37-38-39-40-41-43-45-47-49-51-53-61(74)70-57(58(73)52-50-48-46-44-42-16-14-12-10-8-6-4-2)56-80-68-66(79)64(77)67(60(55-72)82-68)83-69-65(78)63(76)62(75)59(54-71)81-69/h5,7,11,13,17-18,20-21,23-24,26-27,42,44,50,52,57-60,62-69,71-73,75-79H,3-4,6,8-10,12,14-16,19,22,25,28-41,43,45-49,51,53-56H2,1-2H3,(H,70,74)/b7-5-,13-11-,18-17-,21-20-,24-23-,27-26-,44-42+,52-50+. The number of carbonyl (C=O) groups excluding carboxylic acids is 1. The Kier molecular flexibility index (Phi) is 48.7. The van der Waals surface area contributed by atoms with Gasteiger partial charge in [0, 0.05) is 6.42 Å². The molecule has 2 fully saturated rings. The highest BCUT2D eigenvalue weighted by Crippen LogP contribution is 2.30. The molecule has 2 saturated heterocycles. The van der Waals surface area contributed by atoms with Gasteiger partial charge in [-0.15, -0.1) is 0 Å². The van der Waals surface area contributed by atoms with Crippen molar-refractivity contribution in [2.45, 2.75) is 312 Å². The number of aliphatic hydroxyl groups excluding tert-OH is 8. The quantitative estimate of drug-likeness (QED) is 0.0204. The van der Waals surface area contributed by atoms with E-state index in [2.05, 4.69) is 104 Å². The van der Waals surface area contributed by atoms with Gasteiger partial charge in [0.25, 0.3) is 0 Å². The smallest absolute Gasteiger partial charge is 0.220 e. The summed E-state index contributed by atoms with van der Waals surface area (Å²) in [5, 5.41) is 87.0. The minimum Gasteiger partial charge on any atom is -0.394 e. The fourth-order valence-corrected chi connectivity index (χ4v) is 10.3. The number of rotatable bonds is 52. The summed E-state index contributed by atoms with van der Waals surface area (Å²) in [4.78, 5) is 13.3. The van der Waals surface area contributed by atoms with Gasteiger partial charge in [-0.05, 0) is 83.5 Å². The number of hydrogen-bond donors (Lipinski definition) is 9. The van der Waals surface area contributed by atoms with E-state index in [0.717, 1.165) is 70.6 Å². The molecule has 0 aliphatic carbocycles. The van der Waals surface area contributed by atoms with Gasteiger partial charge >= 0.3 is 0 Å². The molecule has 12 atom stereocenters. The maximum atomic E-state index is 13.3. The third-order valence-corrected chi connectivity index (χ3v) is 15.5. The van der Waals surface area contributed by atoms with E-state index < -0.39 is 86.8 Å². The molecule has 0 spiro atoms. The van der Waals surface area contributed by atoms with Crippen LogP contribution in [0.15, 0.2) is 97.2 Å². The predicted octanol–water partition coefficient (Wildman–Crippen LogP) is 12.6. The van der Waals surface area contributed by atoms with E-state index in [-0.39, 0.29) is 18.9 Å². The van der Waals surface area contributed by atoms with Crippen LogP contribution in [0.5, 0.6) is 0 Å². The van der Waals surface area contributed by atoms with Gasteiger partial charge in [0.05, 0.1) is 32.0 Å². The lowest BCUT2D eigenvalue weighted by Crippen LogP contribution is -2.65. The molecule has 0 saturated carbocycles. The molecule has 83 heavy (non-hydrogen) atoms. The van der Waals surface area contributed by atoms with E-state index in [4.69, 9.17) is 18.9 Å². The molecule has 2 aliphatic rings. The average Bonchev–Trinajstić information content (AvgIpc) is 3.58. The third-order valence-electron chi connectivity index (χ3n) is 15.5. The highest BCUT2D eigenvalue weighted by molar-refractivity contribution is 5.76. The molecular formula is C69H119NO13. The van der Waals surface area contributed by atoms with Gasteiger partial charge in [-0.2, -0.15) is 0 Å². The van der Waals surface area contributed by atoms with E-state index in [1.807, 2.05) is 6.08 Å². The number of aliphatic hydroxyl groups is 8. The zero-order valence-electron chi connectivity index (χ0n) is 51.7. The lowest BCUT2D eigenvalue weighted by atomic mass is 9.97. The van der Waals surface area contributed by atoms with E-state index in [1.54, 1.807) is 6.08 Å². The molecule has 14 nitrogen and oxygen atoms in total. The second-order valence-corrected chi connectivity index (χ2v) is 22.9. The molecule has 2 heterocycles. The maximum Gasteiger partial charge on any atom is 0.220 e. The highest BCUT2D eigenvalue weighted by atomic mass is 16.7. The van der Waals surface area contributed by atoms with Crippen LogP contribution in [0.2, 0.25) is 0 Å². The van der Waals surface area contributed by atoms with Gasteiger partial charge in [-0.1, -0.05) is 246 Å². The largest absolute Gasteiger partial charge is 0.394 e. The first-order chi connectivity index (χ1) is 40.6. The van der Waals surface area contributed by atoms with E-state index in [0.29, 0.717) is 12.8 Å². The van der Waals surface area contributed by atoms with Crippen molar-refractivity contribution in [3.05, 3.63) is 97.2 Å². The molecule has 1 amide bonds. The SMILES string of the molecule is CC/C=C\C/C=C\C/C=C\C/C=C\C/C=C\C/C=C\CCCCCCCCCCCCCCCCCCCCC(=O)NC(COC1OC(CO)C(OC2OC(CO)C(O)C(O)C2O)C(O)C1O)C(O)/C=C/CC/C=C/CCCCCCCC. The zero-order chi connectivity index (χ0) is 60.2. The summed E-state index contributed by atoms with van der Waals surface area (Å²) in [6, 6.07) is -0.934. The number of nitrogens with one attached hydrogen (secondary N) is 1. The molecule has 0 aromatic rings. The van der Waals surface area contributed by atoms with Crippen LogP contribution in [0.3, 0.4) is 0 Å². The third kappa shape index (κ3) is 37.9. The van der Waals surface area contributed by atoms with E-state index in [1.165, 1.54) is 135 Å². The molecule has 14 heteroatoms. The van der Waals surface area contributed by atoms with Crippen molar-refractivity contribution < 1.29 is 64.6 Å². The molecule has 0 aromatic heterocycles. The second-order valence-electron chi connectivity index (χ2n) is 22.9. The molecular weight excluding hydrogens is 1050 g/mol. The van der Waals surface area contributed by atoms with Gasteiger partial charge in [-0.3, -0.25) is 4.79 Å². The van der Waals surface area contributed by atoms with Crippen molar-refractivity contribution in [2.24, 2.45) is 0 Å². The summed E-state index contributed by atoms with van der Waals surface area (Å²) in [7, 11) is 0. The van der Waals surface area contributed by atoms with Crippen LogP contribution in [0.1, 0.15) is 239 Å². The van der Waals surface area contributed by atoms with Crippen LogP contribution in [-0.4, -0.2) is 140 Å². The van der Waals surface area contributed by atoms with E-state index >= 15 is 0 Å². The molecule has 0 bridgehead atoms. The Labute approximate surface area is 503 Å². The second kappa shape index (κ2) is 53.2. The summed E-state index contributed by atoms with van der Waals surface area (Å²) in [6.07, 6.45) is 57.7. The van der Waals surface area contributed by atoms with Crippen LogP contribution in [0, 0.1) is 0 Å². The Balaban J connectivity index is 1.59. The lowest BCUT2D eigenvalue weighted by Gasteiger charge is -2.46. The molecule has 478 valence electrons. The Bertz CT molecular complexity index is 1760. The van der Waals surface area contributed by atoms with E-state index in [9.17, 15) is 45.6 Å². The van der Waals surface area contributed by atoms with Gasteiger partial charge < -0.3 is 65.1 Å². The van der Waals surface area contributed by atoms with Crippen LogP contribution in [-0.2, 0) is 23.7 Å². The average molecular weight is 1170 g/mol. The predicted molar refractivity (Wildman–Crippen MR) is 336 cm³/mol. The van der Waals surface area contributed by atoms with Gasteiger partial charge in [-0.25, -0.2) is 0 Å². The van der Waals surface area contributed by atoms with Gasteiger partial charge in [0.1, 0.15) is 48.8 Å². The highest BCUT2D eigenvalue weighted by Gasteiger charge is 2.51. The minimum atomic E-state index is -1.79. The first-order valence-corrected chi connectivity index (χ1v) is 33.0. The van der Waals surface area contributed by atoms with Crippen molar-refractivity contribution in [3.8, 4) is 0 Å². The van der Waals surface area contributed by atoms with Crippen molar-refractivity contribution in [1.29, 1.82) is 0 Å². The summed E-state index contributed by atoms with van der Waals surface area (Å²) in [5.41, 5.74) is 0. The monoisotopic (exact) mass is 1170 g/mol. The molecule has 12 unspecified atom stereocenters. The first kappa shape index (κ1) is 76.0. The minimum absolute atomic E-state index is 0.251. The molecule has 9 N–H and O–H groups in total. The number of unbranched alkanes of at least 4 members (excludes halogenated alkanes) is 25. The summed E-state index contributed by atoms with van der Waals surface area (Å²) >= 11 is 0. The molecule has 2 rings (SSSR count). The normalized spacial score (nSPS) is 24.5. The summed E-state index contributed by atoms with van der Waals surface area (Å²) in [5.74, 6) is -0.251. The van der Waals surface area contributed by atoms with Crippen molar-refractivity contribution in [3.63, 3.8) is 0 Å². The number of hydrogen-bond acceptors (Lipinski definition) is 13. The zero-order valence-corrected chi connectivity index (χ0v) is 51.7. The van der Waals surface area contributed by atoms with Crippen LogP contribution < -0.4 is 5.32 Å². The molecule has 0 radical (unpaired) electrons. The summed E-state index contributed by atoms with van der Waals surface area (Å²) < 4.78 is 22.7. The van der Waals surface area contributed by atoms with Crippen molar-refractivity contribution >= 4 is 5.91 Å². The van der Waals surface area contributed by atoms with Crippen LogP contribution in [0.25, 0.3) is 0 Å². The number of allylic oxidation sites excluding steroid dienone is 15. The first-order valence-electron chi connectivity index (χ1n) is 33.0. The maximum absolute atomic E-state index is 13.3. The lowest BCUT2D eigenvalue weighted by molar-refractivity contribution is -0.359. The number of carbonyl (C=O) groups is 1. The van der Waals surface area contributed by atoms with Crippen molar-refractivity contribution in [2.75, 3.05) is 19.8 Å². The van der Waals surface area contributed by atoms with Crippen LogP contribution >= 0.6 is 0 Å². The van der Waals surface area contributed by atoms with Gasteiger partial charge in [0.15, 0.2) is 12.6 Å². The van der Waals surface area contributed by atoms with Crippen LogP contribution in [0.4, 0.5) is 0 Å².